The lowest BCUT2D eigenvalue weighted by Gasteiger charge is -2.27. The Bertz CT molecular complexity index is 800. The normalized spacial score (nSPS) is 13.2. The highest BCUT2D eigenvalue weighted by Gasteiger charge is 2.21. The van der Waals surface area contributed by atoms with Gasteiger partial charge in [0.25, 0.3) is 5.91 Å². The van der Waals surface area contributed by atoms with E-state index in [1.54, 1.807) is 11.3 Å². The van der Waals surface area contributed by atoms with Crippen LogP contribution in [0.25, 0.3) is 0 Å². The van der Waals surface area contributed by atoms with Gasteiger partial charge in [0.15, 0.2) is 6.61 Å². The smallest absolute Gasteiger partial charge is 0.257 e. The van der Waals surface area contributed by atoms with E-state index in [2.05, 4.69) is 16.8 Å². The molecule has 2 heterocycles. The van der Waals surface area contributed by atoms with Crippen molar-refractivity contribution in [3.05, 3.63) is 51.2 Å². The molecule has 0 fully saturated rings. The van der Waals surface area contributed by atoms with E-state index < -0.39 is 0 Å². The van der Waals surface area contributed by atoms with Gasteiger partial charge in [-0.05, 0) is 54.5 Å². The summed E-state index contributed by atoms with van der Waals surface area (Å²) in [6, 6.07) is 7.99. The zero-order chi connectivity index (χ0) is 18.5. The Balaban J connectivity index is 1.38. The van der Waals surface area contributed by atoms with Crippen molar-refractivity contribution in [2.24, 2.45) is 0 Å². The number of hydrogen-bond donors (Lipinski definition) is 1. The van der Waals surface area contributed by atoms with Gasteiger partial charge in [0, 0.05) is 30.9 Å². The van der Waals surface area contributed by atoms with Crippen molar-refractivity contribution in [3.63, 3.8) is 0 Å². The number of carbonyl (C=O) groups is 2. The van der Waals surface area contributed by atoms with Gasteiger partial charge in [-0.25, -0.2) is 0 Å². The van der Waals surface area contributed by atoms with Crippen molar-refractivity contribution in [3.8, 4) is 5.75 Å². The number of nitrogens with one attached hydrogen (secondary N) is 1. The monoisotopic (exact) mass is 372 g/mol. The third kappa shape index (κ3) is 4.64. The minimum Gasteiger partial charge on any atom is -0.483 e. The molecule has 0 atom stereocenters. The first-order chi connectivity index (χ1) is 12.5. The summed E-state index contributed by atoms with van der Waals surface area (Å²) < 4.78 is 5.58. The third-order valence-electron chi connectivity index (χ3n) is 4.52. The van der Waals surface area contributed by atoms with Crippen molar-refractivity contribution >= 4 is 23.2 Å². The number of ether oxygens (including phenoxy) is 1. The Hall–Kier alpha value is -2.34. The fourth-order valence-corrected chi connectivity index (χ4v) is 3.88. The molecule has 1 aliphatic rings. The molecule has 1 N–H and O–H groups in total. The predicted molar refractivity (Wildman–Crippen MR) is 102 cm³/mol. The van der Waals surface area contributed by atoms with Crippen LogP contribution >= 0.6 is 11.3 Å². The zero-order valence-corrected chi connectivity index (χ0v) is 16.0. The van der Waals surface area contributed by atoms with Crippen LogP contribution in [0.4, 0.5) is 0 Å². The highest BCUT2D eigenvalue weighted by molar-refractivity contribution is 7.10. The summed E-state index contributed by atoms with van der Waals surface area (Å²) in [7, 11) is 0. The molecule has 2 amide bonds. The van der Waals surface area contributed by atoms with E-state index in [-0.39, 0.29) is 18.4 Å². The molecule has 1 aromatic carbocycles. The highest BCUT2D eigenvalue weighted by Crippen LogP contribution is 2.24. The van der Waals surface area contributed by atoms with Gasteiger partial charge in [0.2, 0.25) is 5.91 Å². The number of benzene rings is 1. The van der Waals surface area contributed by atoms with Crippen molar-refractivity contribution in [2.75, 3.05) is 19.7 Å². The molecular weight excluding hydrogens is 348 g/mol. The zero-order valence-electron chi connectivity index (χ0n) is 15.2. The molecule has 26 heavy (non-hydrogen) atoms. The van der Waals surface area contributed by atoms with Crippen molar-refractivity contribution in [1.82, 2.24) is 10.2 Å². The van der Waals surface area contributed by atoms with Crippen LogP contribution in [0, 0.1) is 13.8 Å². The van der Waals surface area contributed by atoms with E-state index in [0.717, 1.165) is 29.8 Å². The number of carbonyl (C=O) groups excluding carboxylic acids is 2. The average Bonchev–Trinajstić information content (AvgIpc) is 3.10. The average molecular weight is 372 g/mol. The summed E-state index contributed by atoms with van der Waals surface area (Å²) in [5, 5.41) is 4.84. The van der Waals surface area contributed by atoms with E-state index >= 15 is 0 Å². The quantitative estimate of drug-likeness (QED) is 0.848. The molecule has 0 saturated carbocycles. The molecule has 2 aromatic rings. The van der Waals surface area contributed by atoms with Crippen LogP contribution in [0.1, 0.15) is 28.0 Å². The van der Waals surface area contributed by atoms with Crippen LogP contribution in [0.15, 0.2) is 29.6 Å². The van der Waals surface area contributed by atoms with Gasteiger partial charge in [-0.1, -0.05) is 12.1 Å². The fourth-order valence-electron chi connectivity index (χ4n) is 2.99. The van der Waals surface area contributed by atoms with E-state index in [4.69, 9.17) is 4.74 Å². The minimum absolute atomic E-state index is 0.0412. The number of fused-ring (bicyclic) bond motifs is 1. The van der Waals surface area contributed by atoms with Crippen LogP contribution in [0.2, 0.25) is 0 Å². The van der Waals surface area contributed by atoms with Gasteiger partial charge < -0.3 is 15.0 Å². The van der Waals surface area contributed by atoms with Crippen LogP contribution in [0.5, 0.6) is 5.75 Å². The summed E-state index contributed by atoms with van der Waals surface area (Å²) in [4.78, 5) is 27.5. The van der Waals surface area contributed by atoms with Gasteiger partial charge in [-0.15, -0.1) is 11.3 Å². The van der Waals surface area contributed by atoms with E-state index in [1.807, 2.05) is 36.9 Å². The standard InChI is InChI=1S/C20H24N2O3S/c1-14-3-4-15(2)17(11-14)25-13-19(23)21-8-5-20(24)22-9-6-18-16(12-22)7-10-26-18/h3-4,7,10-11H,5-6,8-9,12-13H2,1-2H3,(H,21,23). The largest absolute Gasteiger partial charge is 0.483 e. The maximum absolute atomic E-state index is 12.3. The summed E-state index contributed by atoms with van der Waals surface area (Å²) in [6.07, 6.45) is 1.24. The van der Waals surface area contributed by atoms with Gasteiger partial charge in [-0.3, -0.25) is 9.59 Å². The minimum atomic E-state index is -0.211. The van der Waals surface area contributed by atoms with Crippen LogP contribution in [-0.2, 0) is 22.6 Å². The van der Waals surface area contributed by atoms with E-state index in [9.17, 15) is 9.59 Å². The third-order valence-corrected chi connectivity index (χ3v) is 5.55. The summed E-state index contributed by atoms with van der Waals surface area (Å²) in [6.45, 7) is 5.67. The maximum Gasteiger partial charge on any atom is 0.257 e. The Labute approximate surface area is 158 Å². The second-order valence-corrected chi connectivity index (χ2v) is 7.59. The van der Waals surface area contributed by atoms with Gasteiger partial charge >= 0.3 is 0 Å². The molecule has 5 nitrogen and oxygen atoms in total. The second-order valence-electron chi connectivity index (χ2n) is 6.59. The van der Waals surface area contributed by atoms with Crippen molar-refractivity contribution < 1.29 is 14.3 Å². The van der Waals surface area contributed by atoms with Crippen molar-refractivity contribution in [2.45, 2.75) is 33.2 Å². The van der Waals surface area contributed by atoms with Crippen molar-refractivity contribution in [1.29, 1.82) is 0 Å². The fraction of sp³-hybridized carbons (Fsp3) is 0.400. The van der Waals surface area contributed by atoms with E-state index in [0.29, 0.717) is 19.5 Å². The molecule has 1 aliphatic heterocycles. The first kappa shape index (κ1) is 18.5. The predicted octanol–water partition coefficient (Wildman–Crippen LogP) is 2.83. The molecular formula is C20H24N2O3S. The molecule has 0 saturated heterocycles. The first-order valence-corrected chi connectivity index (χ1v) is 9.70. The van der Waals surface area contributed by atoms with E-state index in [1.165, 1.54) is 10.4 Å². The molecule has 1 aromatic heterocycles. The van der Waals surface area contributed by atoms with Gasteiger partial charge in [-0.2, -0.15) is 0 Å². The number of rotatable bonds is 6. The summed E-state index contributed by atoms with van der Waals surface area (Å²) in [5.41, 5.74) is 3.34. The lowest BCUT2D eigenvalue weighted by Crippen LogP contribution is -2.38. The topological polar surface area (TPSA) is 58.6 Å². The molecule has 0 radical (unpaired) electrons. The number of aryl methyl sites for hydroxylation is 2. The lowest BCUT2D eigenvalue weighted by atomic mass is 10.1. The van der Waals surface area contributed by atoms with Gasteiger partial charge in [0.1, 0.15) is 5.75 Å². The first-order valence-electron chi connectivity index (χ1n) is 8.82. The van der Waals surface area contributed by atoms with Crippen LogP contribution in [-0.4, -0.2) is 36.4 Å². The molecule has 138 valence electrons. The number of hydrogen-bond acceptors (Lipinski definition) is 4. The Kier molecular flexibility index (Phi) is 5.93. The van der Waals surface area contributed by atoms with Gasteiger partial charge in [0.05, 0.1) is 0 Å². The van der Waals surface area contributed by atoms with Crippen LogP contribution in [0.3, 0.4) is 0 Å². The second kappa shape index (κ2) is 8.36. The Morgan fingerprint density at radius 2 is 2.12 bits per heavy atom. The number of amides is 2. The molecule has 0 unspecified atom stereocenters. The maximum atomic E-state index is 12.3. The molecule has 0 aliphatic carbocycles. The molecule has 0 spiro atoms. The lowest BCUT2D eigenvalue weighted by molar-refractivity contribution is -0.132. The summed E-state index contributed by atoms with van der Waals surface area (Å²) >= 11 is 1.76. The SMILES string of the molecule is Cc1ccc(C)c(OCC(=O)NCCC(=O)N2CCc3sccc3C2)c1. The number of nitrogens with zero attached hydrogens (tertiary/aromatic N) is 1. The summed E-state index contributed by atoms with van der Waals surface area (Å²) in [5.74, 6) is 0.589. The number of thiophene rings is 1. The Morgan fingerprint density at radius 3 is 2.96 bits per heavy atom. The highest BCUT2D eigenvalue weighted by atomic mass is 32.1. The molecule has 6 heteroatoms. The Morgan fingerprint density at radius 1 is 1.27 bits per heavy atom. The van der Waals surface area contributed by atoms with Crippen LogP contribution < -0.4 is 10.1 Å². The molecule has 3 rings (SSSR count). The molecule has 0 bridgehead atoms.